The molecule has 0 amide bonds. The highest BCUT2D eigenvalue weighted by atomic mass is 32.2. The van der Waals surface area contributed by atoms with E-state index in [4.69, 9.17) is 5.73 Å². The molecule has 0 saturated heterocycles. The minimum atomic E-state index is -3.81. The van der Waals surface area contributed by atoms with Crippen LogP contribution in [0.25, 0.3) is 0 Å². The third-order valence-electron chi connectivity index (χ3n) is 3.22. The zero-order chi connectivity index (χ0) is 15.6. The number of anilines is 2. The van der Waals surface area contributed by atoms with Crippen molar-refractivity contribution in [2.45, 2.75) is 31.7 Å². The molecule has 2 aromatic rings. The number of sulfonamides is 1. The second-order valence-corrected chi connectivity index (χ2v) is 6.79. The molecule has 1 aromatic heterocycles. The number of para-hydroxylation sites is 1. The molecule has 3 N–H and O–H groups in total. The van der Waals surface area contributed by atoms with E-state index in [1.807, 2.05) is 39.0 Å². The van der Waals surface area contributed by atoms with Gasteiger partial charge < -0.3 is 5.73 Å². The summed E-state index contributed by atoms with van der Waals surface area (Å²) in [5.41, 5.74) is 8.24. The van der Waals surface area contributed by atoms with Gasteiger partial charge in [0.15, 0.2) is 5.03 Å². The van der Waals surface area contributed by atoms with Gasteiger partial charge in [-0.25, -0.2) is 4.98 Å². The molecule has 5 nitrogen and oxygen atoms in total. The van der Waals surface area contributed by atoms with Crippen LogP contribution in [0, 0.1) is 6.92 Å². The van der Waals surface area contributed by atoms with E-state index >= 15 is 0 Å². The quantitative estimate of drug-likeness (QED) is 0.909. The van der Waals surface area contributed by atoms with Gasteiger partial charge in [0.2, 0.25) is 0 Å². The molecular formula is C15H19N3O2S. The highest BCUT2D eigenvalue weighted by Gasteiger charge is 2.21. The first-order valence-electron chi connectivity index (χ1n) is 6.65. The molecule has 6 heteroatoms. The molecule has 0 bridgehead atoms. The van der Waals surface area contributed by atoms with E-state index in [-0.39, 0.29) is 16.6 Å². The van der Waals surface area contributed by atoms with Crippen LogP contribution in [-0.2, 0) is 10.0 Å². The Morgan fingerprint density at radius 2 is 1.90 bits per heavy atom. The molecule has 21 heavy (non-hydrogen) atoms. The molecule has 0 aliphatic heterocycles. The lowest BCUT2D eigenvalue weighted by Crippen LogP contribution is -2.18. The van der Waals surface area contributed by atoms with E-state index < -0.39 is 10.0 Å². The standard InChI is InChI=1S/C15H19N3O2S/c1-10(2)12-7-4-6-11(3)14(12)18-21(19,20)15-13(16)8-5-9-17-15/h4-10,18H,16H2,1-3H3. The van der Waals surface area contributed by atoms with Gasteiger partial charge >= 0.3 is 0 Å². The molecule has 0 radical (unpaired) electrons. The average Bonchev–Trinajstić information content (AvgIpc) is 2.41. The summed E-state index contributed by atoms with van der Waals surface area (Å²) in [5.74, 6) is 0.198. The SMILES string of the molecule is Cc1cccc(C(C)C)c1NS(=O)(=O)c1ncccc1N. The van der Waals surface area contributed by atoms with Crippen LogP contribution in [0.4, 0.5) is 11.4 Å². The van der Waals surface area contributed by atoms with Gasteiger partial charge in [-0.15, -0.1) is 0 Å². The van der Waals surface area contributed by atoms with Crippen LogP contribution in [0.2, 0.25) is 0 Å². The number of rotatable bonds is 4. The number of nitrogens with zero attached hydrogens (tertiary/aromatic N) is 1. The summed E-state index contributed by atoms with van der Waals surface area (Å²) in [6, 6.07) is 8.81. The molecule has 0 saturated carbocycles. The fourth-order valence-corrected chi connectivity index (χ4v) is 3.34. The monoisotopic (exact) mass is 305 g/mol. The predicted molar refractivity (Wildman–Crippen MR) is 84.7 cm³/mol. The first kappa shape index (κ1) is 15.3. The van der Waals surface area contributed by atoms with Crippen molar-refractivity contribution in [1.29, 1.82) is 0 Å². The molecule has 0 atom stereocenters. The van der Waals surface area contributed by atoms with Crippen LogP contribution in [0.15, 0.2) is 41.6 Å². The lowest BCUT2D eigenvalue weighted by molar-refractivity contribution is 0.598. The maximum absolute atomic E-state index is 12.5. The van der Waals surface area contributed by atoms with E-state index in [0.29, 0.717) is 5.69 Å². The molecule has 1 aromatic carbocycles. The molecule has 1 heterocycles. The van der Waals surface area contributed by atoms with E-state index in [9.17, 15) is 8.42 Å². The Morgan fingerprint density at radius 3 is 2.52 bits per heavy atom. The zero-order valence-corrected chi connectivity index (χ0v) is 13.1. The molecule has 112 valence electrons. The molecule has 0 aliphatic rings. The van der Waals surface area contributed by atoms with Crippen molar-refractivity contribution < 1.29 is 8.42 Å². The second kappa shape index (κ2) is 5.73. The Balaban J connectivity index is 2.50. The minimum Gasteiger partial charge on any atom is -0.396 e. The van der Waals surface area contributed by atoms with Gasteiger partial charge in [-0.1, -0.05) is 32.0 Å². The summed E-state index contributed by atoms with van der Waals surface area (Å²) in [5, 5.41) is -0.150. The summed E-state index contributed by atoms with van der Waals surface area (Å²) in [6.07, 6.45) is 1.41. The lowest BCUT2D eigenvalue weighted by atomic mass is 9.99. The van der Waals surface area contributed by atoms with E-state index in [0.717, 1.165) is 11.1 Å². The van der Waals surface area contributed by atoms with Gasteiger partial charge in [0.05, 0.1) is 11.4 Å². The highest BCUT2D eigenvalue weighted by Crippen LogP contribution is 2.29. The van der Waals surface area contributed by atoms with Crippen molar-refractivity contribution in [1.82, 2.24) is 4.98 Å². The third-order valence-corrected chi connectivity index (χ3v) is 4.54. The molecule has 2 rings (SSSR count). The van der Waals surface area contributed by atoms with Crippen LogP contribution in [0.1, 0.15) is 30.9 Å². The summed E-state index contributed by atoms with van der Waals surface area (Å²) in [4.78, 5) is 3.87. The van der Waals surface area contributed by atoms with Crippen LogP contribution in [0.5, 0.6) is 0 Å². The zero-order valence-electron chi connectivity index (χ0n) is 12.3. The number of benzene rings is 1. The Bertz CT molecular complexity index is 755. The van der Waals surface area contributed by atoms with Gasteiger partial charge in [-0.3, -0.25) is 4.72 Å². The second-order valence-electron chi connectivity index (χ2n) is 5.20. The normalized spacial score (nSPS) is 11.6. The van der Waals surface area contributed by atoms with Crippen molar-refractivity contribution in [3.63, 3.8) is 0 Å². The number of nitrogens with two attached hydrogens (primary N) is 1. The topological polar surface area (TPSA) is 85.1 Å². The van der Waals surface area contributed by atoms with E-state index in [1.54, 1.807) is 6.07 Å². The number of aryl methyl sites for hydroxylation is 1. The molecule has 0 unspecified atom stereocenters. The van der Waals surface area contributed by atoms with Crippen molar-refractivity contribution in [3.8, 4) is 0 Å². The maximum atomic E-state index is 12.5. The van der Waals surface area contributed by atoms with Gasteiger partial charge in [-0.2, -0.15) is 8.42 Å². The number of pyridine rings is 1. The fraction of sp³-hybridized carbons (Fsp3) is 0.267. The Kier molecular flexibility index (Phi) is 4.18. The van der Waals surface area contributed by atoms with E-state index in [2.05, 4.69) is 9.71 Å². The van der Waals surface area contributed by atoms with E-state index in [1.165, 1.54) is 12.3 Å². The predicted octanol–water partition coefficient (Wildman–Crippen LogP) is 2.90. The number of aromatic nitrogens is 1. The number of nitrogen functional groups attached to an aromatic ring is 1. The van der Waals surface area contributed by atoms with Gasteiger partial charge in [-0.05, 0) is 36.1 Å². The number of hydrogen-bond acceptors (Lipinski definition) is 4. The van der Waals surface area contributed by atoms with Gasteiger partial charge in [0.1, 0.15) is 0 Å². The highest BCUT2D eigenvalue weighted by molar-refractivity contribution is 7.92. The molecular weight excluding hydrogens is 286 g/mol. The maximum Gasteiger partial charge on any atom is 0.281 e. The van der Waals surface area contributed by atoms with Gasteiger partial charge in [0.25, 0.3) is 10.0 Å². The Hall–Kier alpha value is -2.08. The van der Waals surface area contributed by atoms with Crippen LogP contribution in [0.3, 0.4) is 0 Å². The Morgan fingerprint density at radius 1 is 1.19 bits per heavy atom. The van der Waals surface area contributed by atoms with Crippen molar-refractivity contribution in [2.75, 3.05) is 10.5 Å². The smallest absolute Gasteiger partial charge is 0.281 e. The third kappa shape index (κ3) is 3.16. The van der Waals surface area contributed by atoms with Crippen LogP contribution in [-0.4, -0.2) is 13.4 Å². The van der Waals surface area contributed by atoms with Gasteiger partial charge in [0, 0.05) is 6.20 Å². The first-order chi connectivity index (χ1) is 9.83. The van der Waals surface area contributed by atoms with Crippen molar-refractivity contribution in [2.24, 2.45) is 0 Å². The number of nitrogens with one attached hydrogen (secondary N) is 1. The largest absolute Gasteiger partial charge is 0.396 e. The molecule has 0 fully saturated rings. The average molecular weight is 305 g/mol. The van der Waals surface area contributed by atoms with Crippen LogP contribution < -0.4 is 10.5 Å². The Labute approximate surface area is 125 Å². The summed E-state index contributed by atoms with van der Waals surface area (Å²) >= 11 is 0. The summed E-state index contributed by atoms with van der Waals surface area (Å²) < 4.78 is 27.6. The molecule has 0 spiro atoms. The van der Waals surface area contributed by atoms with Crippen molar-refractivity contribution >= 4 is 21.4 Å². The number of hydrogen-bond donors (Lipinski definition) is 2. The lowest BCUT2D eigenvalue weighted by Gasteiger charge is -2.17. The molecule has 0 aliphatic carbocycles. The minimum absolute atomic E-state index is 0.129. The first-order valence-corrected chi connectivity index (χ1v) is 8.14. The summed E-state index contributed by atoms with van der Waals surface area (Å²) in [7, 11) is -3.81. The fourth-order valence-electron chi connectivity index (χ4n) is 2.12. The summed E-state index contributed by atoms with van der Waals surface area (Å²) in [6.45, 7) is 5.90. The van der Waals surface area contributed by atoms with Crippen molar-refractivity contribution in [3.05, 3.63) is 47.7 Å². The van der Waals surface area contributed by atoms with Crippen LogP contribution >= 0.6 is 0 Å².